The summed E-state index contributed by atoms with van der Waals surface area (Å²) in [6.07, 6.45) is 2.87. The van der Waals surface area contributed by atoms with Crippen molar-refractivity contribution in [3.8, 4) is 11.5 Å². The maximum Gasteiger partial charge on any atom is 0.331 e. The molecule has 1 aromatic rings. The van der Waals surface area contributed by atoms with E-state index in [1.165, 1.54) is 6.08 Å². The van der Waals surface area contributed by atoms with Gasteiger partial charge >= 0.3 is 5.97 Å². The van der Waals surface area contributed by atoms with Crippen molar-refractivity contribution in [3.05, 3.63) is 28.8 Å². The lowest BCUT2D eigenvalue weighted by Gasteiger charge is -2.17. The van der Waals surface area contributed by atoms with Gasteiger partial charge in [-0.2, -0.15) is 0 Å². The third kappa shape index (κ3) is 5.13. The van der Waals surface area contributed by atoms with Gasteiger partial charge in [-0.1, -0.05) is 11.6 Å². The number of aromatic hydroxyl groups is 1. The second kappa shape index (κ2) is 6.66. The van der Waals surface area contributed by atoms with Gasteiger partial charge in [0, 0.05) is 6.08 Å². The van der Waals surface area contributed by atoms with E-state index >= 15 is 0 Å². The predicted octanol–water partition coefficient (Wildman–Crippen LogP) is 3.80. The van der Waals surface area contributed by atoms with Crippen LogP contribution in [0.3, 0.4) is 0 Å². The summed E-state index contributed by atoms with van der Waals surface area (Å²) in [5.74, 6) is -0.272. The van der Waals surface area contributed by atoms with Gasteiger partial charge in [-0.15, -0.1) is 0 Å². The van der Waals surface area contributed by atoms with Crippen LogP contribution in [-0.2, 0) is 9.53 Å². The van der Waals surface area contributed by atoms with Crippen molar-refractivity contribution in [2.45, 2.75) is 33.3 Å². The van der Waals surface area contributed by atoms with Crippen LogP contribution in [0.15, 0.2) is 18.2 Å². The Morgan fingerprint density at radius 2 is 2.05 bits per heavy atom. The Morgan fingerprint density at radius 1 is 1.40 bits per heavy atom. The molecule has 0 radical (unpaired) electrons. The van der Waals surface area contributed by atoms with Crippen LogP contribution in [0.25, 0.3) is 6.08 Å². The molecule has 0 aromatic heterocycles. The second-order valence-electron chi connectivity index (χ2n) is 5.15. The Kier molecular flexibility index (Phi) is 5.45. The van der Waals surface area contributed by atoms with Gasteiger partial charge in [0.2, 0.25) is 0 Å². The highest BCUT2D eigenvalue weighted by Crippen LogP contribution is 2.35. The maximum absolute atomic E-state index is 11.6. The summed E-state index contributed by atoms with van der Waals surface area (Å²) in [7, 11) is 0. The lowest BCUT2D eigenvalue weighted by molar-refractivity contribution is -0.148. The number of benzene rings is 1. The summed E-state index contributed by atoms with van der Waals surface area (Å²) in [5, 5.41) is 9.88. The summed E-state index contributed by atoms with van der Waals surface area (Å²) >= 11 is 5.90. The fraction of sp³-hybridized carbons (Fsp3) is 0.400. The Balaban J connectivity index is 2.90. The van der Waals surface area contributed by atoms with Crippen LogP contribution in [0.4, 0.5) is 0 Å². The number of rotatable bonds is 4. The van der Waals surface area contributed by atoms with Gasteiger partial charge in [0.15, 0.2) is 11.5 Å². The lowest BCUT2D eigenvalue weighted by Crippen LogP contribution is -2.22. The topological polar surface area (TPSA) is 55.8 Å². The molecule has 1 N–H and O–H groups in total. The third-order valence-electron chi connectivity index (χ3n) is 2.17. The van der Waals surface area contributed by atoms with Crippen molar-refractivity contribution in [2.24, 2.45) is 0 Å². The zero-order chi connectivity index (χ0) is 15.3. The van der Waals surface area contributed by atoms with E-state index in [0.29, 0.717) is 12.2 Å². The number of halogens is 1. The second-order valence-corrected chi connectivity index (χ2v) is 5.56. The molecule has 0 aliphatic carbocycles. The molecule has 5 heteroatoms. The smallest absolute Gasteiger partial charge is 0.331 e. The Hall–Kier alpha value is -1.68. The van der Waals surface area contributed by atoms with Crippen molar-refractivity contribution in [1.29, 1.82) is 0 Å². The molecule has 0 unspecified atom stereocenters. The molecule has 4 nitrogen and oxygen atoms in total. The normalized spacial score (nSPS) is 11.7. The minimum Gasteiger partial charge on any atom is -0.503 e. The molecule has 110 valence electrons. The van der Waals surface area contributed by atoms with Crippen LogP contribution in [-0.4, -0.2) is 23.3 Å². The molecule has 1 aromatic carbocycles. The van der Waals surface area contributed by atoms with Gasteiger partial charge in [0.25, 0.3) is 0 Å². The average Bonchev–Trinajstić information content (AvgIpc) is 2.30. The molecule has 1 rings (SSSR count). The first kappa shape index (κ1) is 16.4. The van der Waals surface area contributed by atoms with Gasteiger partial charge in [0.05, 0.1) is 11.6 Å². The van der Waals surface area contributed by atoms with Crippen molar-refractivity contribution in [2.75, 3.05) is 6.61 Å². The number of hydrogen-bond donors (Lipinski definition) is 1. The van der Waals surface area contributed by atoms with Crippen LogP contribution in [0.5, 0.6) is 11.5 Å². The quantitative estimate of drug-likeness (QED) is 0.678. The van der Waals surface area contributed by atoms with Crippen molar-refractivity contribution in [1.82, 2.24) is 0 Å². The van der Waals surface area contributed by atoms with E-state index in [-0.39, 0.29) is 16.5 Å². The Morgan fingerprint density at radius 3 is 2.60 bits per heavy atom. The highest BCUT2D eigenvalue weighted by Gasteiger charge is 2.14. The molecular formula is C15H19ClO4. The Bertz CT molecular complexity index is 515. The average molecular weight is 299 g/mol. The van der Waals surface area contributed by atoms with Crippen LogP contribution >= 0.6 is 11.6 Å². The van der Waals surface area contributed by atoms with E-state index in [9.17, 15) is 9.90 Å². The van der Waals surface area contributed by atoms with E-state index in [1.54, 1.807) is 45.9 Å². The van der Waals surface area contributed by atoms with Gasteiger partial charge in [-0.25, -0.2) is 4.79 Å². The summed E-state index contributed by atoms with van der Waals surface area (Å²) in [6.45, 7) is 7.59. The number of esters is 1. The number of phenolic OH excluding ortho intramolecular Hbond substituents is 1. The lowest BCUT2D eigenvalue weighted by atomic mass is 10.1. The molecule has 0 spiro atoms. The summed E-state index contributed by atoms with van der Waals surface area (Å²) < 4.78 is 10.4. The number of carbonyl (C=O) groups is 1. The largest absolute Gasteiger partial charge is 0.503 e. The fourth-order valence-corrected chi connectivity index (χ4v) is 1.67. The van der Waals surface area contributed by atoms with Crippen LogP contribution in [0.1, 0.15) is 33.3 Å². The van der Waals surface area contributed by atoms with Crippen molar-refractivity contribution in [3.63, 3.8) is 0 Å². The standard InChI is InChI=1S/C15H19ClO4/c1-5-19-12-9-10(8-11(16)14(12)18)6-7-13(17)20-15(2,3)4/h6-9,18H,5H2,1-4H3/b7-6+. The molecule has 0 aliphatic rings. The predicted molar refractivity (Wildman–Crippen MR) is 79.2 cm³/mol. The van der Waals surface area contributed by atoms with E-state index in [2.05, 4.69) is 0 Å². The molecule has 0 bridgehead atoms. The van der Waals surface area contributed by atoms with Crippen molar-refractivity contribution >= 4 is 23.6 Å². The molecule has 0 fully saturated rings. The summed E-state index contributed by atoms with van der Waals surface area (Å²) in [4.78, 5) is 11.6. The van der Waals surface area contributed by atoms with Crippen LogP contribution in [0.2, 0.25) is 5.02 Å². The minimum atomic E-state index is -0.537. The fourth-order valence-electron chi connectivity index (χ4n) is 1.46. The zero-order valence-electron chi connectivity index (χ0n) is 12.1. The molecule has 20 heavy (non-hydrogen) atoms. The first-order valence-electron chi connectivity index (χ1n) is 6.29. The first-order chi connectivity index (χ1) is 9.23. The molecular weight excluding hydrogens is 280 g/mol. The molecule has 0 aliphatic heterocycles. The highest BCUT2D eigenvalue weighted by molar-refractivity contribution is 6.32. The number of ether oxygens (including phenoxy) is 2. The van der Waals surface area contributed by atoms with Gasteiger partial charge in [-0.05, 0) is 51.5 Å². The van der Waals surface area contributed by atoms with Crippen LogP contribution in [0, 0.1) is 0 Å². The minimum absolute atomic E-state index is 0.108. The molecule has 0 atom stereocenters. The number of phenols is 1. The summed E-state index contributed by atoms with van der Waals surface area (Å²) in [5.41, 5.74) is 0.104. The third-order valence-corrected chi connectivity index (χ3v) is 2.46. The number of carbonyl (C=O) groups excluding carboxylic acids is 1. The van der Waals surface area contributed by atoms with Gasteiger partial charge in [0.1, 0.15) is 5.60 Å². The van der Waals surface area contributed by atoms with Gasteiger partial charge in [-0.3, -0.25) is 0 Å². The molecule has 0 heterocycles. The van der Waals surface area contributed by atoms with E-state index in [0.717, 1.165) is 0 Å². The number of hydrogen-bond acceptors (Lipinski definition) is 4. The first-order valence-corrected chi connectivity index (χ1v) is 6.67. The molecule has 0 amide bonds. The van der Waals surface area contributed by atoms with E-state index in [4.69, 9.17) is 21.1 Å². The highest BCUT2D eigenvalue weighted by atomic mass is 35.5. The zero-order valence-corrected chi connectivity index (χ0v) is 12.8. The summed E-state index contributed by atoms with van der Waals surface area (Å²) in [6, 6.07) is 3.14. The molecule has 0 saturated carbocycles. The SMILES string of the molecule is CCOc1cc(/C=C/C(=O)OC(C)(C)C)cc(Cl)c1O. The Labute approximate surface area is 124 Å². The van der Waals surface area contributed by atoms with Crippen LogP contribution < -0.4 is 4.74 Å². The molecule has 0 saturated heterocycles. The van der Waals surface area contributed by atoms with E-state index in [1.807, 2.05) is 0 Å². The van der Waals surface area contributed by atoms with Gasteiger partial charge < -0.3 is 14.6 Å². The van der Waals surface area contributed by atoms with Crippen molar-refractivity contribution < 1.29 is 19.4 Å². The van der Waals surface area contributed by atoms with E-state index < -0.39 is 11.6 Å². The monoisotopic (exact) mass is 298 g/mol. The maximum atomic E-state index is 11.6.